The second-order valence-corrected chi connectivity index (χ2v) is 5.60. The van der Waals surface area contributed by atoms with Crippen LogP contribution in [0.25, 0.3) is 17.1 Å². The lowest BCUT2D eigenvalue weighted by Crippen LogP contribution is -2.09. The highest BCUT2D eigenvalue weighted by Gasteiger charge is 2.15. The van der Waals surface area contributed by atoms with Gasteiger partial charge in [-0.3, -0.25) is 4.79 Å². The Morgan fingerprint density at radius 2 is 1.88 bits per heavy atom. The van der Waals surface area contributed by atoms with Crippen LogP contribution in [-0.4, -0.2) is 27.8 Å². The molecule has 0 fully saturated rings. The van der Waals surface area contributed by atoms with E-state index in [9.17, 15) is 4.79 Å². The van der Waals surface area contributed by atoms with Crippen LogP contribution in [0, 0.1) is 6.92 Å². The van der Waals surface area contributed by atoms with Crippen LogP contribution < -0.4 is 10.1 Å². The maximum absolute atomic E-state index is 11.5. The van der Waals surface area contributed by atoms with E-state index in [0.717, 1.165) is 22.5 Å². The van der Waals surface area contributed by atoms with E-state index < -0.39 is 0 Å². The number of carbonyl (C=O) groups is 1. The number of methoxy groups -OCH3 is 1. The van der Waals surface area contributed by atoms with E-state index in [4.69, 9.17) is 4.74 Å². The van der Waals surface area contributed by atoms with E-state index in [0.29, 0.717) is 18.3 Å². The maximum Gasteiger partial charge on any atom is 0.336 e. The van der Waals surface area contributed by atoms with E-state index in [1.165, 1.54) is 0 Å². The van der Waals surface area contributed by atoms with Gasteiger partial charge in [-0.25, -0.2) is 4.68 Å². The Bertz CT molecular complexity index is 885. The zero-order valence-electron chi connectivity index (χ0n) is 14.5. The van der Waals surface area contributed by atoms with Crippen molar-refractivity contribution in [1.29, 1.82) is 0 Å². The van der Waals surface area contributed by atoms with Crippen LogP contribution in [0.4, 0.5) is 5.69 Å². The first-order valence-electron chi connectivity index (χ1n) is 8.09. The van der Waals surface area contributed by atoms with E-state index in [2.05, 4.69) is 15.4 Å². The monoisotopic (exact) mass is 336 g/mol. The Hall–Kier alpha value is -3.15. The van der Waals surface area contributed by atoms with E-state index in [1.54, 1.807) is 11.8 Å². The minimum atomic E-state index is -0.0178. The summed E-state index contributed by atoms with van der Waals surface area (Å²) in [4.78, 5) is 16.0. The largest absolute Gasteiger partial charge is 0.466 e. The highest BCUT2D eigenvalue weighted by molar-refractivity contribution is 5.90. The summed E-state index contributed by atoms with van der Waals surface area (Å²) in [6.45, 7) is 3.85. The van der Waals surface area contributed by atoms with Crippen molar-refractivity contribution in [2.45, 2.75) is 20.3 Å². The highest BCUT2D eigenvalue weighted by atomic mass is 16.5. The third-order valence-electron chi connectivity index (χ3n) is 3.87. The number of nitrogens with one attached hydrogen (secondary N) is 1. The number of hydrogen-bond acceptors (Lipinski definition) is 4. The summed E-state index contributed by atoms with van der Waals surface area (Å²) in [7, 11) is 1.55. The van der Waals surface area contributed by atoms with Gasteiger partial charge in [0.15, 0.2) is 5.82 Å². The van der Waals surface area contributed by atoms with Crippen LogP contribution in [-0.2, 0) is 4.79 Å². The fourth-order valence-corrected chi connectivity index (χ4v) is 2.49. The normalized spacial score (nSPS) is 10.5. The molecule has 0 saturated heterocycles. The number of aryl methyl sites for hydroxylation is 1. The van der Waals surface area contributed by atoms with Crippen molar-refractivity contribution in [3.63, 3.8) is 0 Å². The fraction of sp³-hybridized carbons (Fsp3) is 0.211. The van der Waals surface area contributed by atoms with E-state index in [-0.39, 0.29) is 5.91 Å². The summed E-state index contributed by atoms with van der Waals surface area (Å²) in [6.07, 6.45) is 0.444. The Morgan fingerprint density at radius 1 is 1.16 bits per heavy atom. The molecule has 0 atom stereocenters. The minimum Gasteiger partial charge on any atom is -0.466 e. The van der Waals surface area contributed by atoms with Crippen LogP contribution in [0.1, 0.15) is 18.9 Å². The SMILES string of the molecule is CCC(=O)Nc1ccc(-n2nc(OC)nc2-c2ccccc2C)cc1. The lowest BCUT2D eigenvalue weighted by atomic mass is 10.1. The van der Waals surface area contributed by atoms with Gasteiger partial charge in [-0.15, -0.1) is 5.10 Å². The maximum atomic E-state index is 11.5. The first kappa shape index (κ1) is 16.7. The number of anilines is 1. The van der Waals surface area contributed by atoms with Gasteiger partial charge in [-0.1, -0.05) is 31.2 Å². The number of nitrogens with zero attached hydrogens (tertiary/aromatic N) is 3. The molecular formula is C19H20N4O2. The molecule has 1 amide bonds. The van der Waals surface area contributed by atoms with Crippen molar-refractivity contribution in [3.05, 3.63) is 54.1 Å². The predicted octanol–water partition coefficient (Wildman–Crippen LogP) is 3.60. The number of benzene rings is 2. The molecule has 3 aromatic rings. The Kier molecular flexibility index (Phi) is 4.79. The molecular weight excluding hydrogens is 316 g/mol. The number of ether oxygens (including phenoxy) is 1. The summed E-state index contributed by atoms with van der Waals surface area (Å²) >= 11 is 0. The van der Waals surface area contributed by atoms with Gasteiger partial charge in [0.05, 0.1) is 12.8 Å². The van der Waals surface area contributed by atoms with Gasteiger partial charge < -0.3 is 10.1 Å². The quantitative estimate of drug-likeness (QED) is 0.773. The average Bonchev–Trinajstić information content (AvgIpc) is 3.07. The van der Waals surface area contributed by atoms with Crippen LogP contribution in [0.15, 0.2) is 48.5 Å². The summed E-state index contributed by atoms with van der Waals surface area (Å²) in [5.41, 5.74) is 3.68. The molecule has 25 heavy (non-hydrogen) atoms. The topological polar surface area (TPSA) is 69.0 Å². The molecule has 1 N–H and O–H groups in total. The van der Waals surface area contributed by atoms with Gasteiger partial charge in [-0.05, 0) is 36.8 Å². The number of aromatic nitrogens is 3. The summed E-state index contributed by atoms with van der Waals surface area (Å²) in [5.74, 6) is 0.691. The second kappa shape index (κ2) is 7.17. The third kappa shape index (κ3) is 3.52. The number of carbonyl (C=O) groups excluding carboxylic acids is 1. The van der Waals surface area contributed by atoms with Crippen molar-refractivity contribution in [2.24, 2.45) is 0 Å². The van der Waals surface area contributed by atoms with E-state index >= 15 is 0 Å². The van der Waals surface area contributed by atoms with E-state index in [1.807, 2.05) is 62.4 Å². The molecule has 0 spiro atoms. The molecule has 0 unspecified atom stereocenters. The molecule has 1 heterocycles. The van der Waals surface area contributed by atoms with Gasteiger partial charge in [0, 0.05) is 17.7 Å². The van der Waals surface area contributed by atoms with Gasteiger partial charge in [0.2, 0.25) is 5.91 Å². The first-order valence-corrected chi connectivity index (χ1v) is 8.09. The summed E-state index contributed by atoms with van der Waals surface area (Å²) in [6, 6.07) is 15.8. The second-order valence-electron chi connectivity index (χ2n) is 5.60. The van der Waals surface area contributed by atoms with Crippen molar-refractivity contribution in [3.8, 4) is 23.1 Å². The number of rotatable bonds is 5. The molecule has 128 valence electrons. The lowest BCUT2D eigenvalue weighted by molar-refractivity contribution is -0.115. The third-order valence-corrected chi connectivity index (χ3v) is 3.87. The van der Waals surface area contributed by atoms with Crippen LogP contribution in [0.5, 0.6) is 6.01 Å². The number of amides is 1. The van der Waals surface area contributed by atoms with Crippen molar-refractivity contribution in [1.82, 2.24) is 14.8 Å². The minimum absolute atomic E-state index is 0.0178. The van der Waals surface area contributed by atoms with Gasteiger partial charge in [-0.2, -0.15) is 4.98 Å². The molecule has 1 aromatic heterocycles. The molecule has 6 heteroatoms. The van der Waals surface area contributed by atoms with Gasteiger partial charge in [0.25, 0.3) is 0 Å². The zero-order chi connectivity index (χ0) is 17.8. The zero-order valence-corrected chi connectivity index (χ0v) is 14.5. The van der Waals surface area contributed by atoms with Gasteiger partial charge >= 0.3 is 6.01 Å². The highest BCUT2D eigenvalue weighted by Crippen LogP contribution is 2.26. The van der Waals surface area contributed by atoms with Crippen LogP contribution in [0.2, 0.25) is 0 Å². The Morgan fingerprint density at radius 3 is 2.52 bits per heavy atom. The van der Waals surface area contributed by atoms with Crippen LogP contribution >= 0.6 is 0 Å². The molecule has 0 radical (unpaired) electrons. The van der Waals surface area contributed by atoms with Crippen molar-refractivity contribution < 1.29 is 9.53 Å². The molecule has 0 aliphatic heterocycles. The fourth-order valence-electron chi connectivity index (χ4n) is 2.49. The predicted molar refractivity (Wildman–Crippen MR) is 97.0 cm³/mol. The van der Waals surface area contributed by atoms with Gasteiger partial charge in [0.1, 0.15) is 0 Å². The molecule has 6 nitrogen and oxygen atoms in total. The van der Waals surface area contributed by atoms with Crippen molar-refractivity contribution >= 4 is 11.6 Å². The summed E-state index contributed by atoms with van der Waals surface area (Å²) in [5, 5.41) is 7.25. The Balaban J connectivity index is 2.01. The summed E-state index contributed by atoms with van der Waals surface area (Å²) < 4.78 is 6.95. The molecule has 0 saturated carbocycles. The molecule has 0 aliphatic rings. The standard InChI is InChI=1S/C19H20N4O2/c1-4-17(24)20-14-9-11-15(12-10-14)23-18(21-19(22-23)25-3)16-8-6-5-7-13(16)2/h5-12H,4H2,1-3H3,(H,20,24). The molecule has 3 rings (SSSR count). The average molecular weight is 336 g/mol. The smallest absolute Gasteiger partial charge is 0.336 e. The molecule has 0 aliphatic carbocycles. The first-order chi connectivity index (χ1) is 12.1. The lowest BCUT2D eigenvalue weighted by Gasteiger charge is -2.09. The molecule has 2 aromatic carbocycles. The molecule has 0 bridgehead atoms. The van der Waals surface area contributed by atoms with Crippen LogP contribution in [0.3, 0.4) is 0 Å². The number of hydrogen-bond donors (Lipinski definition) is 1. The van der Waals surface area contributed by atoms with Crippen molar-refractivity contribution in [2.75, 3.05) is 12.4 Å². The Labute approximate surface area is 146 Å².